The molecule has 43 valence electrons. The number of hydrogen-bond acceptors (Lipinski definition) is 1. The summed E-state index contributed by atoms with van der Waals surface area (Å²) in [5.74, 6) is 0. The molecule has 0 aromatic heterocycles. The average Bonchev–Trinajstić information content (AvgIpc) is 0.722. The van der Waals surface area contributed by atoms with Crippen molar-refractivity contribution in [2.75, 3.05) is 13.3 Å². The van der Waals surface area contributed by atoms with Gasteiger partial charge in [0, 0.05) is 35.7 Å². The SMILES string of the molecule is CP(C)(=O)O.[Ag]. The van der Waals surface area contributed by atoms with Crippen molar-refractivity contribution in [3.05, 3.63) is 0 Å². The molecule has 0 saturated heterocycles. The minimum Gasteiger partial charge on any atom is -0.345 e. The van der Waals surface area contributed by atoms with E-state index in [0.29, 0.717) is 0 Å². The zero-order valence-electron chi connectivity index (χ0n) is 3.60. The van der Waals surface area contributed by atoms with Crippen molar-refractivity contribution in [2.45, 2.75) is 0 Å². The molecule has 0 spiro atoms. The van der Waals surface area contributed by atoms with Crippen LogP contribution >= 0.6 is 7.37 Å². The Morgan fingerprint density at radius 3 is 1.50 bits per heavy atom. The van der Waals surface area contributed by atoms with Crippen LogP contribution in [0.3, 0.4) is 0 Å². The van der Waals surface area contributed by atoms with Gasteiger partial charge in [-0.15, -0.1) is 0 Å². The quantitative estimate of drug-likeness (QED) is 0.459. The Labute approximate surface area is 52.9 Å². The molecular formula is C2H7AgO2P. The van der Waals surface area contributed by atoms with Crippen LogP contribution in [0.25, 0.3) is 0 Å². The molecule has 0 aliphatic rings. The molecule has 0 rings (SSSR count). The maximum atomic E-state index is 9.77. The molecule has 1 radical (unpaired) electrons. The second kappa shape index (κ2) is 3.00. The maximum absolute atomic E-state index is 9.77. The zero-order chi connectivity index (χ0) is 4.50. The van der Waals surface area contributed by atoms with E-state index in [0.717, 1.165) is 0 Å². The Hall–Kier alpha value is 0.930. The molecule has 0 amide bonds. The molecule has 0 aliphatic heterocycles. The van der Waals surface area contributed by atoms with Gasteiger partial charge in [0.2, 0.25) is 0 Å². The third-order valence-corrected chi connectivity index (χ3v) is 0. The third-order valence-electron chi connectivity index (χ3n) is 0. The van der Waals surface area contributed by atoms with E-state index in [9.17, 15) is 4.57 Å². The zero-order valence-corrected chi connectivity index (χ0v) is 5.98. The van der Waals surface area contributed by atoms with Crippen molar-refractivity contribution in [2.24, 2.45) is 0 Å². The van der Waals surface area contributed by atoms with Gasteiger partial charge in [-0.25, -0.2) is 0 Å². The van der Waals surface area contributed by atoms with Gasteiger partial charge in [-0.1, -0.05) is 0 Å². The molecule has 0 unspecified atom stereocenters. The topological polar surface area (TPSA) is 37.3 Å². The summed E-state index contributed by atoms with van der Waals surface area (Å²) < 4.78 is 9.77. The van der Waals surface area contributed by atoms with Crippen molar-refractivity contribution < 1.29 is 31.8 Å². The van der Waals surface area contributed by atoms with Gasteiger partial charge in [-0.2, -0.15) is 0 Å². The van der Waals surface area contributed by atoms with E-state index in [1.54, 1.807) is 0 Å². The molecule has 2 nitrogen and oxygen atoms in total. The fourth-order valence-electron chi connectivity index (χ4n) is 0. The van der Waals surface area contributed by atoms with Gasteiger partial charge < -0.3 is 4.89 Å². The van der Waals surface area contributed by atoms with Gasteiger partial charge in [0.1, 0.15) is 0 Å². The average molecular weight is 202 g/mol. The van der Waals surface area contributed by atoms with Gasteiger partial charge >= 0.3 is 0 Å². The van der Waals surface area contributed by atoms with Crippen LogP contribution in [0.2, 0.25) is 0 Å². The standard InChI is InChI=1S/C2H7O2P.Ag/c1-5(2,3)4;/h1-2H3,(H,3,4);. The van der Waals surface area contributed by atoms with Crippen LogP contribution in [0, 0.1) is 0 Å². The Morgan fingerprint density at radius 1 is 1.50 bits per heavy atom. The second-order valence-corrected chi connectivity index (χ2v) is 3.88. The summed E-state index contributed by atoms with van der Waals surface area (Å²) in [6, 6.07) is 0. The van der Waals surface area contributed by atoms with Crippen LogP contribution in [-0.4, -0.2) is 18.2 Å². The first-order chi connectivity index (χ1) is 2.00. The van der Waals surface area contributed by atoms with E-state index < -0.39 is 7.37 Å². The predicted molar refractivity (Wildman–Crippen MR) is 21.7 cm³/mol. The Morgan fingerprint density at radius 2 is 1.50 bits per heavy atom. The largest absolute Gasteiger partial charge is 0.345 e. The monoisotopic (exact) mass is 201 g/mol. The molecule has 0 aromatic carbocycles. The first-order valence-corrected chi connectivity index (χ1v) is 3.83. The maximum Gasteiger partial charge on any atom is 0.194 e. The summed E-state index contributed by atoms with van der Waals surface area (Å²) >= 11 is 0. The van der Waals surface area contributed by atoms with E-state index in [2.05, 4.69) is 0 Å². The smallest absolute Gasteiger partial charge is 0.194 e. The summed E-state index contributed by atoms with van der Waals surface area (Å²) in [5.41, 5.74) is 0. The second-order valence-electron chi connectivity index (χ2n) is 1.29. The molecule has 0 atom stereocenters. The van der Waals surface area contributed by atoms with Gasteiger partial charge in [-0.3, -0.25) is 4.57 Å². The molecule has 0 heterocycles. The third kappa shape index (κ3) is 88.0. The first-order valence-electron chi connectivity index (χ1n) is 1.28. The molecule has 0 aromatic rings. The van der Waals surface area contributed by atoms with Crippen molar-refractivity contribution >= 4 is 7.37 Å². The van der Waals surface area contributed by atoms with Crippen LogP contribution in [0.1, 0.15) is 0 Å². The van der Waals surface area contributed by atoms with E-state index in [1.165, 1.54) is 13.3 Å². The Balaban J connectivity index is 0. The summed E-state index contributed by atoms with van der Waals surface area (Å²) in [7, 11) is -2.64. The molecule has 0 fully saturated rings. The molecule has 0 saturated carbocycles. The molecule has 0 bridgehead atoms. The molecule has 6 heavy (non-hydrogen) atoms. The fraction of sp³-hybridized carbons (Fsp3) is 1.00. The van der Waals surface area contributed by atoms with Gasteiger partial charge in [0.05, 0.1) is 0 Å². The first kappa shape index (κ1) is 10.0. The van der Waals surface area contributed by atoms with Crippen molar-refractivity contribution in [1.29, 1.82) is 0 Å². The summed E-state index contributed by atoms with van der Waals surface area (Å²) in [5, 5.41) is 0. The van der Waals surface area contributed by atoms with E-state index in [-0.39, 0.29) is 22.4 Å². The summed E-state index contributed by atoms with van der Waals surface area (Å²) in [6.07, 6.45) is 0. The van der Waals surface area contributed by atoms with E-state index in [1.807, 2.05) is 0 Å². The summed E-state index contributed by atoms with van der Waals surface area (Å²) in [4.78, 5) is 8.08. The van der Waals surface area contributed by atoms with Crippen molar-refractivity contribution in [3.63, 3.8) is 0 Å². The number of hydrogen-bond donors (Lipinski definition) is 1. The minimum absolute atomic E-state index is 0. The molecule has 4 heteroatoms. The van der Waals surface area contributed by atoms with E-state index in [4.69, 9.17) is 4.89 Å². The van der Waals surface area contributed by atoms with Gasteiger partial charge in [0.25, 0.3) is 0 Å². The van der Waals surface area contributed by atoms with Crippen molar-refractivity contribution in [3.8, 4) is 0 Å². The van der Waals surface area contributed by atoms with Gasteiger partial charge in [0.15, 0.2) is 7.37 Å². The predicted octanol–water partition coefficient (Wildman–Crippen LogP) is 0.514. The van der Waals surface area contributed by atoms with E-state index >= 15 is 0 Å². The Kier molecular flexibility index (Phi) is 5.02. The van der Waals surface area contributed by atoms with Crippen LogP contribution in [-0.2, 0) is 26.9 Å². The fourth-order valence-corrected chi connectivity index (χ4v) is 0. The van der Waals surface area contributed by atoms with Gasteiger partial charge in [-0.05, 0) is 0 Å². The van der Waals surface area contributed by atoms with Crippen LogP contribution in [0.4, 0.5) is 0 Å². The van der Waals surface area contributed by atoms with Crippen LogP contribution in [0.15, 0.2) is 0 Å². The molecule has 0 aliphatic carbocycles. The molecule has 1 N–H and O–H groups in total. The minimum atomic E-state index is -2.64. The normalized spacial score (nSPS) is 9.83. The summed E-state index contributed by atoms with van der Waals surface area (Å²) in [6.45, 7) is 2.60. The Bertz CT molecular complexity index is 57.7. The van der Waals surface area contributed by atoms with Crippen molar-refractivity contribution in [1.82, 2.24) is 0 Å². The van der Waals surface area contributed by atoms with Crippen LogP contribution in [0.5, 0.6) is 0 Å². The molecular weight excluding hydrogens is 195 g/mol. The van der Waals surface area contributed by atoms with Crippen LogP contribution < -0.4 is 0 Å². The number of rotatable bonds is 0.